The first-order valence-electron chi connectivity index (χ1n) is 3.74. The highest BCUT2D eigenvalue weighted by Gasteiger charge is 2.24. The number of esters is 1. The number of alkyl halides is 3. The summed E-state index contributed by atoms with van der Waals surface area (Å²) >= 11 is 15.7. The van der Waals surface area contributed by atoms with Gasteiger partial charge in [0.1, 0.15) is 0 Å². The third-order valence-corrected chi connectivity index (χ3v) is 1.45. The topological polar surface area (TPSA) is 26.3 Å². The van der Waals surface area contributed by atoms with Crippen molar-refractivity contribution in [2.24, 2.45) is 0 Å². The van der Waals surface area contributed by atoms with Crippen LogP contribution in [-0.2, 0) is 9.53 Å². The first kappa shape index (κ1) is 12.3. The van der Waals surface area contributed by atoms with Gasteiger partial charge in [0.05, 0.1) is 0 Å². The van der Waals surface area contributed by atoms with Crippen LogP contribution in [0.25, 0.3) is 0 Å². The molecule has 0 saturated carbocycles. The van der Waals surface area contributed by atoms with Crippen LogP contribution in [0.5, 0.6) is 0 Å². The average molecular weight is 234 g/mol. The molecule has 5 heteroatoms. The van der Waals surface area contributed by atoms with Crippen molar-refractivity contribution in [1.82, 2.24) is 0 Å². The Morgan fingerprint density at radius 3 is 2.33 bits per heavy atom. The van der Waals surface area contributed by atoms with Crippen molar-refractivity contribution in [3.05, 3.63) is 0 Å². The lowest BCUT2D eigenvalue weighted by atomic mass is 10.2. The molecule has 2 nitrogen and oxygen atoms in total. The molecule has 0 spiro atoms. The lowest BCUT2D eigenvalue weighted by molar-refractivity contribution is -0.144. The van der Waals surface area contributed by atoms with Gasteiger partial charge in [-0.25, -0.2) is 0 Å². The molecule has 12 heavy (non-hydrogen) atoms. The summed E-state index contributed by atoms with van der Waals surface area (Å²) in [4.78, 5) is 10.9. The van der Waals surface area contributed by atoms with E-state index >= 15 is 0 Å². The Morgan fingerprint density at radius 1 is 1.33 bits per heavy atom. The fraction of sp³-hybridized carbons (Fsp3) is 0.857. The standard InChI is InChI=1S/C7H11Cl3O2/c1-2-3-4-5-6(11)12-7(8,9)10/h2-5H2,1H3. The molecule has 0 aliphatic rings. The lowest BCUT2D eigenvalue weighted by Crippen LogP contribution is -2.15. The molecule has 72 valence electrons. The summed E-state index contributed by atoms with van der Waals surface area (Å²) in [6.45, 7) is 2.04. The monoisotopic (exact) mass is 232 g/mol. The molecule has 0 fully saturated rings. The Hall–Kier alpha value is 0.340. The van der Waals surface area contributed by atoms with Gasteiger partial charge in [-0.2, -0.15) is 0 Å². The van der Waals surface area contributed by atoms with E-state index in [1.165, 1.54) is 0 Å². The predicted octanol–water partition coefficient (Wildman–Crippen LogP) is 3.44. The van der Waals surface area contributed by atoms with E-state index in [0.717, 1.165) is 19.3 Å². The van der Waals surface area contributed by atoms with Crippen LogP contribution in [-0.4, -0.2) is 9.95 Å². The molecule has 0 bridgehead atoms. The van der Waals surface area contributed by atoms with Gasteiger partial charge in [-0.3, -0.25) is 4.79 Å². The average Bonchev–Trinajstić information content (AvgIpc) is 1.84. The second kappa shape index (κ2) is 5.90. The molecule has 0 aromatic rings. The van der Waals surface area contributed by atoms with Gasteiger partial charge in [-0.15, -0.1) is 0 Å². The van der Waals surface area contributed by atoms with Crippen LogP contribution in [0.1, 0.15) is 32.6 Å². The van der Waals surface area contributed by atoms with Crippen molar-refractivity contribution >= 4 is 40.8 Å². The third-order valence-electron chi connectivity index (χ3n) is 1.21. The first-order chi connectivity index (χ1) is 5.45. The van der Waals surface area contributed by atoms with Crippen LogP contribution in [0.3, 0.4) is 0 Å². The maximum Gasteiger partial charge on any atom is 0.340 e. The summed E-state index contributed by atoms with van der Waals surface area (Å²) in [5, 5.41) is 0. The normalized spacial score (nSPS) is 11.3. The van der Waals surface area contributed by atoms with E-state index in [4.69, 9.17) is 34.8 Å². The highest BCUT2D eigenvalue weighted by molar-refractivity contribution is 6.66. The molecule has 0 aliphatic carbocycles. The number of carbonyl (C=O) groups is 1. The van der Waals surface area contributed by atoms with Crippen molar-refractivity contribution in [2.75, 3.05) is 0 Å². The van der Waals surface area contributed by atoms with Gasteiger partial charge in [0, 0.05) is 6.42 Å². The Bertz CT molecular complexity index is 142. The molecule has 0 saturated heterocycles. The number of carbonyl (C=O) groups excluding carboxylic acids is 1. The quantitative estimate of drug-likeness (QED) is 0.422. The first-order valence-corrected chi connectivity index (χ1v) is 4.87. The summed E-state index contributed by atoms with van der Waals surface area (Å²) in [6.07, 6.45) is 3.10. The number of unbranched alkanes of at least 4 members (excludes halogenated alkanes) is 2. The fourth-order valence-corrected chi connectivity index (χ4v) is 0.958. The Morgan fingerprint density at radius 2 is 1.92 bits per heavy atom. The highest BCUT2D eigenvalue weighted by atomic mass is 35.6. The minimum atomic E-state index is -1.91. The molecule has 0 aromatic carbocycles. The van der Waals surface area contributed by atoms with E-state index in [9.17, 15) is 4.79 Å². The number of hydrogen-bond donors (Lipinski definition) is 0. The van der Waals surface area contributed by atoms with Crippen molar-refractivity contribution < 1.29 is 9.53 Å². The molecule has 0 atom stereocenters. The molecule has 0 amide bonds. The number of rotatable bonds is 4. The van der Waals surface area contributed by atoms with Crippen molar-refractivity contribution in [2.45, 2.75) is 36.6 Å². The van der Waals surface area contributed by atoms with Crippen molar-refractivity contribution in [1.29, 1.82) is 0 Å². The largest absolute Gasteiger partial charge is 0.415 e. The summed E-state index contributed by atoms with van der Waals surface area (Å²) in [5.74, 6) is -0.469. The zero-order chi connectivity index (χ0) is 9.61. The van der Waals surface area contributed by atoms with E-state index in [2.05, 4.69) is 4.74 Å². The summed E-state index contributed by atoms with van der Waals surface area (Å²) < 4.78 is 2.53. The molecule has 0 heterocycles. The molecule has 0 aromatic heterocycles. The van der Waals surface area contributed by atoms with Gasteiger partial charge in [-0.1, -0.05) is 19.8 Å². The lowest BCUT2D eigenvalue weighted by Gasteiger charge is -2.11. The van der Waals surface area contributed by atoms with Crippen molar-refractivity contribution in [3.8, 4) is 0 Å². The minimum Gasteiger partial charge on any atom is -0.415 e. The highest BCUT2D eigenvalue weighted by Crippen LogP contribution is 2.27. The van der Waals surface area contributed by atoms with Gasteiger partial charge in [0.15, 0.2) is 0 Å². The van der Waals surface area contributed by atoms with E-state index in [1.807, 2.05) is 6.92 Å². The third kappa shape index (κ3) is 8.44. The molecular weight excluding hydrogens is 222 g/mol. The maximum atomic E-state index is 10.9. The van der Waals surface area contributed by atoms with Crippen molar-refractivity contribution in [3.63, 3.8) is 0 Å². The number of halogens is 3. The van der Waals surface area contributed by atoms with E-state index in [0.29, 0.717) is 6.42 Å². The van der Waals surface area contributed by atoms with Gasteiger partial charge < -0.3 is 4.74 Å². The van der Waals surface area contributed by atoms with Crippen LogP contribution in [0.2, 0.25) is 0 Å². The number of hydrogen-bond acceptors (Lipinski definition) is 2. The summed E-state index contributed by atoms with van der Waals surface area (Å²) in [5.41, 5.74) is 0. The van der Waals surface area contributed by atoms with Crippen LogP contribution in [0, 0.1) is 0 Å². The smallest absolute Gasteiger partial charge is 0.340 e. The Kier molecular flexibility index (Phi) is 6.06. The molecule has 0 unspecified atom stereocenters. The van der Waals surface area contributed by atoms with Crippen LogP contribution in [0.15, 0.2) is 0 Å². The predicted molar refractivity (Wildman–Crippen MR) is 50.5 cm³/mol. The van der Waals surface area contributed by atoms with E-state index in [1.54, 1.807) is 0 Å². The van der Waals surface area contributed by atoms with Gasteiger partial charge in [0.2, 0.25) is 0 Å². The van der Waals surface area contributed by atoms with Crippen LogP contribution >= 0.6 is 34.8 Å². The minimum absolute atomic E-state index is 0.307. The zero-order valence-corrected chi connectivity index (χ0v) is 9.05. The Labute approximate surface area is 87.1 Å². The molecule has 0 N–H and O–H groups in total. The molecule has 0 aliphatic heterocycles. The molecule has 0 radical (unpaired) electrons. The van der Waals surface area contributed by atoms with E-state index < -0.39 is 9.95 Å². The SMILES string of the molecule is CCCCCC(=O)OC(Cl)(Cl)Cl. The second-order valence-corrected chi connectivity index (χ2v) is 4.55. The van der Waals surface area contributed by atoms with Gasteiger partial charge >= 0.3 is 9.95 Å². The molecule has 0 rings (SSSR count). The van der Waals surface area contributed by atoms with Crippen LogP contribution < -0.4 is 0 Å². The second-order valence-electron chi connectivity index (χ2n) is 2.38. The zero-order valence-electron chi connectivity index (χ0n) is 6.78. The molecular formula is C7H11Cl3O2. The fourth-order valence-electron chi connectivity index (χ4n) is 0.699. The van der Waals surface area contributed by atoms with Gasteiger partial charge in [0.25, 0.3) is 0 Å². The summed E-state index contributed by atoms with van der Waals surface area (Å²) in [7, 11) is 0. The van der Waals surface area contributed by atoms with E-state index in [-0.39, 0.29) is 0 Å². The maximum absolute atomic E-state index is 10.9. The van der Waals surface area contributed by atoms with Crippen LogP contribution in [0.4, 0.5) is 0 Å². The van der Waals surface area contributed by atoms with Gasteiger partial charge in [-0.05, 0) is 41.2 Å². The number of ether oxygens (including phenoxy) is 1. The Balaban J connectivity index is 3.47. The summed E-state index contributed by atoms with van der Waals surface area (Å²) in [6, 6.07) is 0.